The van der Waals surface area contributed by atoms with Crippen LogP contribution in [0.3, 0.4) is 0 Å². The third kappa shape index (κ3) is 3.22. The zero-order valence-electron chi connectivity index (χ0n) is 16.0. The van der Waals surface area contributed by atoms with E-state index in [4.69, 9.17) is 9.72 Å². The minimum absolute atomic E-state index is 0.323. The molecule has 146 valence electrons. The van der Waals surface area contributed by atoms with Crippen LogP contribution in [-0.4, -0.2) is 36.8 Å². The number of rotatable bonds is 5. The Balaban J connectivity index is 1.55. The van der Waals surface area contributed by atoms with Crippen molar-refractivity contribution in [1.82, 2.24) is 29.7 Å². The van der Waals surface area contributed by atoms with Crippen LogP contribution in [0.2, 0.25) is 0 Å². The quantitative estimate of drug-likeness (QED) is 0.547. The molecule has 1 aromatic carbocycles. The van der Waals surface area contributed by atoms with Gasteiger partial charge in [0.25, 0.3) is 0 Å². The highest BCUT2D eigenvalue weighted by Gasteiger charge is 2.17. The van der Waals surface area contributed by atoms with Crippen LogP contribution in [-0.2, 0) is 19.4 Å². The highest BCUT2D eigenvalue weighted by molar-refractivity contribution is 5.74. The van der Waals surface area contributed by atoms with Crippen molar-refractivity contribution in [3.05, 3.63) is 70.3 Å². The maximum Gasteiger partial charge on any atom is 0.340 e. The largest absolute Gasteiger partial charge is 0.496 e. The summed E-state index contributed by atoms with van der Waals surface area (Å²) >= 11 is 0. The molecule has 0 saturated heterocycles. The Kier molecular flexibility index (Phi) is 4.23. The second kappa shape index (κ2) is 7.05. The van der Waals surface area contributed by atoms with Gasteiger partial charge in [0, 0.05) is 29.2 Å². The van der Waals surface area contributed by atoms with Crippen molar-refractivity contribution in [2.75, 3.05) is 7.11 Å². The summed E-state index contributed by atoms with van der Waals surface area (Å²) in [6, 6.07) is 10.2. The van der Waals surface area contributed by atoms with Gasteiger partial charge in [0.2, 0.25) is 0 Å². The van der Waals surface area contributed by atoms with Crippen molar-refractivity contribution < 1.29 is 4.74 Å². The Morgan fingerprint density at radius 3 is 2.97 bits per heavy atom. The van der Waals surface area contributed by atoms with Crippen LogP contribution in [0.25, 0.3) is 22.6 Å². The van der Waals surface area contributed by atoms with Gasteiger partial charge in [0.1, 0.15) is 11.6 Å². The lowest BCUT2D eigenvalue weighted by atomic mass is 10.0. The Morgan fingerprint density at radius 1 is 1.21 bits per heavy atom. The molecule has 0 amide bonds. The molecule has 5 rings (SSSR count). The molecule has 0 saturated carbocycles. The van der Waals surface area contributed by atoms with E-state index in [1.165, 1.54) is 11.3 Å². The molecule has 1 aliphatic rings. The molecule has 29 heavy (non-hydrogen) atoms. The van der Waals surface area contributed by atoms with Gasteiger partial charge in [-0.05, 0) is 49.1 Å². The number of imidazole rings is 1. The topological polar surface area (TPSA) is 101 Å². The van der Waals surface area contributed by atoms with Gasteiger partial charge in [-0.1, -0.05) is 6.07 Å². The smallest absolute Gasteiger partial charge is 0.340 e. The Morgan fingerprint density at radius 2 is 2.14 bits per heavy atom. The van der Waals surface area contributed by atoms with Crippen LogP contribution in [0.4, 0.5) is 0 Å². The van der Waals surface area contributed by atoms with Crippen LogP contribution in [0, 0.1) is 0 Å². The second-order valence-electron chi connectivity index (χ2n) is 7.07. The number of methoxy groups -OCH3 is 1. The molecule has 8 nitrogen and oxygen atoms in total. The molecule has 3 aromatic heterocycles. The van der Waals surface area contributed by atoms with Crippen molar-refractivity contribution in [1.29, 1.82) is 0 Å². The van der Waals surface area contributed by atoms with E-state index in [0.717, 1.165) is 47.7 Å². The lowest BCUT2D eigenvalue weighted by Crippen LogP contribution is -2.05. The number of ether oxygens (including phenoxy) is 1. The van der Waals surface area contributed by atoms with Gasteiger partial charge in [-0.3, -0.25) is 9.97 Å². The van der Waals surface area contributed by atoms with Gasteiger partial charge in [0.15, 0.2) is 5.82 Å². The number of fused-ring (bicyclic) bond motifs is 1. The second-order valence-corrected chi connectivity index (χ2v) is 7.07. The summed E-state index contributed by atoms with van der Waals surface area (Å²) in [4.78, 5) is 23.4. The number of pyridine rings is 1. The van der Waals surface area contributed by atoms with Crippen molar-refractivity contribution in [3.63, 3.8) is 0 Å². The maximum absolute atomic E-state index is 11.3. The van der Waals surface area contributed by atoms with E-state index in [0.29, 0.717) is 12.4 Å². The first kappa shape index (κ1) is 17.4. The summed E-state index contributed by atoms with van der Waals surface area (Å²) in [6.45, 7) is 0.409. The first-order chi connectivity index (χ1) is 14.2. The van der Waals surface area contributed by atoms with Gasteiger partial charge in [-0.15, -0.1) is 0 Å². The summed E-state index contributed by atoms with van der Waals surface area (Å²) in [5, 5.41) is 6.37. The first-order valence-electron chi connectivity index (χ1n) is 9.53. The van der Waals surface area contributed by atoms with Gasteiger partial charge in [-0.25, -0.2) is 14.9 Å². The van der Waals surface area contributed by atoms with Gasteiger partial charge >= 0.3 is 5.69 Å². The van der Waals surface area contributed by atoms with E-state index in [1.54, 1.807) is 13.3 Å². The molecule has 0 unspecified atom stereocenters. The summed E-state index contributed by atoms with van der Waals surface area (Å²) in [5.74, 6) is 2.09. The van der Waals surface area contributed by atoms with Crippen molar-refractivity contribution >= 4 is 0 Å². The minimum atomic E-state index is -0.323. The normalized spacial score (nSPS) is 12.9. The van der Waals surface area contributed by atoms with E-state index < -0.39 is 0 Å². The van der Waals surface area contributed by atoms with Crippen molar-refractivity contribution in [3.8, 4) is 28.4 Å². The summed E-state index contributed by atoms with van der Waals surface area (Å²) in [7, 11) is 1.67. The number of aromatic amines is 2. The van der Waals surface area contributed by atoms with Crippen LogP contribution in [0.15, 0.2) is 47.5 Å². The number of H-pyrrole nitrogens is 2. The predicted octanol–water partition coefficient (Wildman–Crippen LogP) is 2.57. The predicted molar refractivity (Wildman–Crippen MR) is 108 cm³/mol. The average molecular weight is 388 g/mol. The lowest BCUT2D eigenvalue weighted by Gasteiger charge is -2.12. The third-order valence-electron chi connectivity index (χ3n) is 5.25. The lowest BCUT2D eigenvalue weighted by molar-refractivity contribution is 0.416. The average Bonchev–Trinajstić information content (AvgIpc) is 3.48. The molecule has 4 aromatic rings. The first-order valence-corrected chi connectivity index (χ1v) is 9.53. The van der Waals surface area contributed by atoms with Crippen LogP contribution in [0.1, 0.15) is 23.5 Å². The molecule has 0 radical (unpaired) electrons. The Labute approximate surface area is 166 Å². The van der Waals surface area contributed by atoms with Gasteiger partial charge in [0.05, 0.1) is 19.3 Å². The molecule has 8 heteroatoms. The molecular weight excluding hydrogens is 368 g/mol. The zero-order chi connectivity index (χ0) is 19.8. The number of aryl methyl sites for hydroxylation is 2. The van der Waals surface area contributed by atoms with Crippen LogP contribution >= 0.6 is 0 Å². The molecular formula is C21H20N6O2. The molecule has 1 aliphatic carbocycles. The maximum atomic E-state index is 11.3. The molecule has 2 N–H and O–H groups in total. The Hall–Kier alpha value is -3.68. The fourth-order valence-corrected chi connectivity index (χ4v) is 3.86. The highest BCUT2D eigenvalue weighted by Crippen LogP contribution is 2.34. The number of nitrogens with zero attached hydrogens (tertiary/aromatic N) is 4. The van der Waals surface area contributed by atoms with Crippen molar-refractivity contribution in [2.45, 2.75) is 25.8 Å². The minimum Gasteiger partial charge on any atom is -0.496 e. The van der Waals surface area contributed by atoms with E-state index in [2.05, 4.69) is 38.4 Å². The fraction of sp³-hybridized carbons (Fsp3) is 0.238. The number of aromatic nitrogens is 6. The fourth-order valence-electron chi connectivity index (χ4n) is 3.86. The summed E-state index contributed by atoms with van der Waals surface area (Å²) in [6.07, 6.45) is 6.89. The number of nitrogens with one attached hydrogen (secondary N) is 2. The van der Waals surface area contributed by atoms with Crippen LogP contribution < -0.4 is 10.4 Å². The van der Waals surface area contributed by atoms with Gasteiger partial charge < -0.3 is 9.30 Å². The van der Waals surface area contributed by atoms with E-state index in [-0.39, 0.29) is 5.69 Å². The summed E-state index contributed by atoms with van der Waals surface area (Å²) in [5.41, 5.74) is 4.97. The van der Waals surface area contributed by atoms with Gasteiger partial charge in [-0.2, -0.15) is 5.10 Å². The molecule has 3 heterocycles. The Bertz CT molecular complexity index is 1240. The van der Waals surface area contributed by atoms with E-state index in [1.807, 2.05) is 22.9 Å². The SMILES string of the molecule is COc1ccc(-c2nccn2Cc2n[nH]c(=O)[nH]2)cc1-c1ccc2c(n1)CCC2. The highest BCUT2D eigenvalue weighted by atomic mass is 16.5. The van der Waals surface area contributed by atoms with E-state index >= 15 is 0 Å². The van der Waals surface area contributed by atoms with E-state index in [9.17, 15) is 4.79 Å². The van der Waals surface area contributed by atoms with Crippen LogP contribution in [0.5, 0.6) is 5.75 Å². The number of hydrogen-bond donors (Lipinski definition) is 2. The monoisotopic (exact) mass is 388 g/mol. The standard InChI is InChI=1S/C21H20N6O2/c1-29-18-8-6-14(11-15(18)17-7-5-13-3-2-4-16(13)23-17)20-22-9-10-27(20)12-19-24-21(28)26-25-19/h5-11H,2-4,12H2,1H3,(H2,24,25,26,28). The van der Waals surface area contributed by atoms with Crippen molar-refractivity contribution in [2.24, 2.45) is 0 Å². The summed E-state index contributed by atoms with van der Waals surface area (Å²) < 4.78 is 7.54. The third-order valence-corrected chi connectivity index (χ3v) is 5.25. The molecule has 0 atom stereocenters. The molecule has 0 fully saturated rings. The molecule has 0 aliphatic heterocycles. The number of hydrogen-bond acceptors (Lipinski definition) is 5. The number of benzene rings is 1. The molecule has 0 bridgehead atoms. The zero-order valence-corrected chi connectivity index (χ0v) is 16.0. The molecule has 0 spiro atoms.